The Bertz CT molecular complexity index is 1220. The minimum absolute atomic E-state index is 0.0418. The quantitative estimate of drug-likeness (QED) is 0.544. The third-order valence-corrected chi connectivity index (χ3v) is 6.14. The minimum atomic E-state index is 0.0418. The van der Waals surface area contributed by atoms with Crippen LogP contribution in [0.4, 0.5) is 5.69 Å². The van der Waals surface area contributed by atoms with Crippen molar-refractivity contribution < 1.29 is 4.79 Å². The molecule has 158 valence electrons. The molecule has 1 aliphatic rings. The summed E-state index contributed by atoms with van der Waals surface area (Å²) in [6.45, 7) is 4.89. The fraction of sp³-hybridized carbons (Fsp3) is 0.280. The smallest absolute Gasteiger partial charge is 0.238 e. The van der Waals surface area contributed by atoms with Crippen molar-refractivity contribution in [2.24, 2.45) is 7.05 Å². The van der Waals surface area contributed by atoms with Crippen LogP contribution in [0.1, 0.15) is 5.82 Å². The van der Waals surface area contributed by atoms with Crippen LogP contribution in [-0.2, 0) is 18.4 Å². The molecule has 0 bridgehead atoms. The van der Waals surface area contributed by atoms with Gasteiger partial charge in [0.2, 0.25) is 5.91 Å². The lowest BCUT2D eigenvalue weighted by atomic mass is 10.1. The zero-order chi connectivity index (χ0) is 21.2. The lowest BCUT2D eigenvalue weighted by Gasteiger charge is -2.34. The van der Waals surface area contributed by atoms with E-state index in [-0.39, 0.29) is 5.91 Å². The van der Waals surface area contributed by atoms with E-state index in [1.54, 1.807) is 0 Å². The molecule has 4 aromatic rings. The Morgan fingerprint density at radius 1 is 0.903 bits per heavy atom. The van der Waals surface area contributed by atoms with E-state index in [0.717, 1.165) is 60.5 Å². The normalized spacial score (nSPS) is 15.5. The maximum Gasteiger partial charge on any atom is 0.238 e. The van der Waals surface area contributed by atoms with E-state index < -0.39 is 0 Å². The van der Waals surface area contributed by atoms with Crippen LogP contribution in [0.2, 0.25) is 0 Å². The topological polar surface area (TPSA) is 53.4 Å². The molecule has 6 heteroatoms. The van der Waals surface area contributed by atoms with E-state index in [1.807, 2.05) is 36.4 Å². The van der Waals surface area contributed by atoms with Gasteiger partial charge in [0.05, 0.1) is 24.1 Å². The highest BCUT2D eigenvalue weighted by atomic mass is 16.2. The zero-order valence-electron chi connectivity index (χ0n) is 17.8. The van der Waals surface area contributed by atoms with Crippen molar-refractivity contribution in [1.82, 2.24) is 19.4 Å². The first-order valence-electron chi connectivity index (χ1n) is 10.8. The summed E-state index contributed by atoms with van der Waals surface area (Å²) in [6, 6.07) is 22.4. The number of para-hydroxylation sites is 2. The molecule has 1 saturated heterocycles. The van der Waals surface area contributed by atoms with E-state index in [1.165, 1.54) is 5.52 Å². The van der Waals surface area contributed by atoms with Crippen molar-refractivity contribution in [1.29, 1.82) is 0 Å². The third-order valence-electron chi connectivity index (χ3n) is 6.14. The van der Waals surface area contributed by atoms with Gasteiger partial charge < -0.3 is 9.88 Å². The summed E-state index contributed by atoms with van der Waals surface area (Å²) in [5.41, 5.74) is 3.09. The van der Waals surface area contributed by atoms with Gasteiger partial charge in [-0.1, -0.05) is 48.5 Å². The minimum Gasteiger partial charge on any atom is -0.330 e. The number of amides is 1. The van der Waals surface area contributed by atoms with Gasteiger partial charge in [-0.2, -0.15) is 0 Å². The first kappa shape index (κ1) is 19.7. The van der Waals surface area contributed by atoms with Crippen molar-refractivity contribution in [3.8, 4) is 0 Å². The second kappa shape index (κ2) is 8.49. The van der Waals surface area contributed by atoms with Crippen LogP contribution in [0, 0.1) is 0 Å². The average Bonchev–Trinajstić information content (AvgIpc) is 3.11. The summed E-state index contributed by atoms with van der Waals surface area (Å²) in [5, 5.41) is 5.31. The summed E-state index contributed by atoms with van der Waals surface area (Å²) in [5.74, 6) is 1.13. The molecule has 0 atom stereocenters. The summed E-state index contributed by atoms with van der Waals surface area (Å²) < 4.78 is 2.18. The maximum absolute atomic E-state index is 12.7. The molecule has 1 N–H and O–H groups in total. The van der Waals surface area contributed by atoms with Crippen molar-refractivity contribution in [2.45, 2.75) is 6.54 Å². The van der Waals surface area contributed by atoms with E-state index in [4.69, 9.17) is 4.98 Å². The second-order valence-electron chi connectivity index (χ2n) is 8.20. The van der Waals surface area contributed by atoms with Gasteiger partial charge in [0.1, 0.15) is 5.82 Å². The molecule has 1 fully saturated rings. The van der Waals surface area contributed by atoms with E-state index in [9.17, 15) is 4.79 Å². The predicted molar refractivity (Wildman–Crippen MR) is 125 cm³/mol. The zero-order valence-corrected chi connectivity index (χ0v) is 17.8. The Hall–Kier alpha value is -3.22. The van der Waals surface area contributed by atoms with Gasteiger partial charge in [-0.15, -0.1) is 0 Å². The highest BCUT2D eigenvalue weighted by Crippen LogP contribution is 2.23. The molecular weight excluding hydrogens is 386 g/mol. The number of aryl methyl sites for hydroxylation is 1. The molecule has 0 aliphatic carbocycles. The molecule has 0 radical (unpaired) electrons. The van der Waals surface area contributed by atoms with Crippen molar-refractivity contribution in [2.75, 3.05) is 38.0 Å². The molecule has 1 aliphatic heterocycles. The van der Waals surface area contributed by atoms with Gasteiger partial charge in [0, 0.05) is 44.3 Å². The largest absolute Gasteiger partial charge is 0.330 e. The van der Waals surface area contributed by atoms with Crippen LogP contribution in [0.15, 0.2) is 66.7 Å². The number of carbonyl (C=O) groups is 1. The first-order valence-corrected chi connectivity index (χ1v) is 10.8. The third kappa shape index (κ3) is 4.17. The van der Waals surface area contributed by atoms with Gasteiger partial charge in [-0.25, -0.2) is 4.98 Å². The summed E-state index contributed by atoms with van der Waals surface area (Å²) in [7, 11) is 2.08. The standard InChI is InChI=1S/C25H27N5O/c1-28-23-12-5-4-10-22(23)26-24(28)17-29-13-15-30(16-14-29)18-25(31)27-21-11-6-8-19-7-2-3-9-20(19)21/h2-12H,13-18H2,1H3,(H,27,31). The van der Waals surface area contributed by atoms with Gasteiger partial charge in [0.15, 0.2) is 0 Å². The molecule has 0 saturated carbocycles. The number of piperazine rings is 1. The molecule has 2 heterocycles. The molecule has 3 aromatic carbocycles. The summed E-state index contributed by atoms with van der Waals surface area (Å²) >= 11 is 0. The van der Waals surface area contributed by atoms with Crippen LogP contribution in [0.25, 0.3) is 21.8 Å². The number of rotatable bonds is 5. The van der Waals surface area contributed by atoms with Gasteiger partial charge >= 0.3 is 0 Å². The van der Waals surface area contributed by atoms with Gasteiger partial charge in [0.25, 0.3) is 0 Å². The monoisotopic (exact) mass is 413 g/mol. The van der Waals surface area contributed by atoms with Crippen LogP contribution in [0.5, 0.6) is 0 Å². The number of nitrogens with one attached hydrogen (secondary N) is 1. The molecule has 1 amide bonds. The van der Waals surface area contributed by atoms with E-state index >= 15 is 0 Å². The molecule has 1 aromatic heterocycles. The molecule has 0 spiro atoms. The number of imidazole rings is 1. The SMILES string of the molecule is Cn1c(CN2CCN(CC(=O)Nc3cccc4ccccc34)CC2)nc2ccccc21. The number of aromatic nitrogens is 2. The number of nitrogens with zero attached hydrogens (tertiary/aromatic N) is 4. The fourth-order valence-electron chi connectivity index (χ4n) is 4.37. The Balaban J connectivity index is 1.16. The number of anilines is 1. The lowest BCUT2D eigenvalue weighted by Crippen LogP contribution is -2.48. The number of carbonyl (C=O) groups excluding carboxylic acids is 1. The van der Waals surface area contributed by atoms with Crippen molar-refractivity contribution in [3.63, 3.8) is 0 Å². The van der Waals surface area contributed by atoms with E-state index in [2.05, 4.69) is 57.1 Å². The highest BCUT2D eigenvalue weighted by Gasteiger charge is 2.21. The number of benzene rings is 3. The summed E-state index contributed by atoms with van der Waals surface area (Å²) in [6.07, 6.45) is 0. The van der Waals surface area contributed by atoms with Crippen LogP contribution < -0.4 is 5.32 Å². The van der Waals surface area contributed by atoms with E-state index in [0.29, 0.717) is 6.54 Å². The average molecular weight is 414 g/mol. The maximum atomic E-state index is 12.7. The summed E-state index contributed by atoms with van der Waals surface area (Å²) in [4.78, 5) is 22.1. The van der Waals surface area contributed by atoms with Gasteiger partial charge in [-0.05, 0) is 23.6 Å². The van der Waals surface area contributed by atoms with Crippen molar-refractivity contribution >= 4 is 33.4 Å². The molecule has 6 nitrogen and oxygen atoms in total. The molecule has 31 heavy (non-hydrogen) atoms. The highest BCUT2D eigenvalue weighted by molar-refractivity contribution is 6.02. The second-order valence-corrected chi connectivity index (χ2v) is 8.20. The lowest BCUT2D eigenvalue weighted by molar-refractivity contribution is -0.117. The van der Waals surface area contributed by atoms with Crippen LogP contribution in [-0.4, -0.2) is 58.0 Å². The first-order chi connectivity index (χ1) is 15.2. The number of hydrogen-bond donors (Lipinski definition) is 1. The molecule has 0 unspecified atom stereocenters. The van der Waals surface area contributed by atoms with Gasteiger partial charge in [-0.3, -0.25) is 14.6 Å². The molecular formula is C25H27N5O. The Morgan fingerprint density at radius 2 is 1.61 bits per heavy atom. The van der Waals surface area contributed by atoms with Crippen LogP contribution in [0.3, 0.4) is 0 Å². The number of fused-ring (bicyclic) bond motifs is 2. The predicted octanol–water partition coefficient (Wildman–Crippen LogP) is 3.48. The fourth-order valence-corrected chi connectivity index (χ4v) is 4.37. The van der Waals surface area contributed by atoms with Crippen molar-refractivity contribution in [3.05, 3.63) is 72.6 Å². The Morgan fingerprint density at radius 3 is 2.45 bits per heavy atom. The van der Waals surface area contributed by atoms with Crippen LogP contribution >= 0.6 is 0 Å². The Kier molecular flexibility index (Phi) is 5.40. The Labute approximate surface area is 182 Å². The molecule has 5 rings (SSSR count). The number of hydrogen-bond acceptors (Lipinski definition) is 4.